The maximum atomic E-state index is 14.6. The summed E-state index contributed by atoms with van der Waals surface area (Å²) in [5, 5.41) is 10.8. The number of nitrogens with one attached hydrogen (secondary N) is 1. The lowest BCUT2D eigenvalue weighted by Gasteiger charge is -2.31. The topological polar surface area (TPSA) is 82.8 Å². The normalized spacial score (nSPS) is 16.3. The molecule has 0 spiro atoms. The van der Waals surface area contributed by atoms with Crippen molar-refractivity contribution in [3.63, 3.8) is 0 Å². The molecule has 0 amide bonds. The summed E-state index contributed by atoms with van der Waals surface area (Å²) in [4.78, 5) is 20.1. The number of aliphatic imine (C=N–C) groups is 2. The van der Waals surface area contributed by atoms with Crippen LogP contribution in [0.5, 0.6) is 0 Å². The number of aromatic nitrogens is 2. The van der Waals surface area contributed by atoms with Gasteiger partial charge in [0.15, 0.2) is 17.5 Å². The van der Waals surface area contributed by atoms with Gasteiger partial charge in [-0.15, -0.1) is 5.10 Å². The van der Waals surface area contributed by atoms with Gasteiger partial charge in [0.2, 0.25) is 0 Å². The van der Waals surface area contributed by atoms with Crippen LogP contribution in [-0.2, 0) is 0 Å². The number of halogens is 5. The molecule has 12 heteroatoms. The van der Waals surface area contributed by atoms with Crippen LogP contribution in [0.2, 0.25) is 0 Å². The SMILES string of the molecule is C=N/C=C(F)\C(=N/CN1CCC(C(F)(F)F)CC1)Nc1cc(-c2ccc(C(=O)F)cc2)c(C)nn1. The largest absolute Gasteiger partial charge is 0.391 e. The third-order valence-corrected chi connectivity index (χ3v) is 5.56. The van der Waals surface area contributed by atoms with Gasteiger partial charge in [-0.1, -0.05) is 12.1 Å². The Morgan fingerprint density at radius 3 is 2.43 bits per heavy atom. The Hall–Kier alpha value is -3.54. The maximum absolute atomic E-state index is 14.6. The smallest absolute Gasteiger partial charge is 0.321 e. The van der Waals surface area contributed by atoms with Crippen LogP contribution in [-0.4, -0.2) is 59.6 Å². The zero-order valence-electron chi connectivity index (χ0n) is 18.8. The summed E-state index contributed by atoms with van der Waals surface area (Å²) in [6.45, 7) is 5.23. The molecule has 1 aliphatic heterocycles. The average molecular weight is 494 g/mol. The molecule has 0 unspecified atom stereocenters. The first-order valence-electron chi connectivity index (χ1n) is 10.7. The van der Waals surface area contributed by atoms with E-state index in [9.17, 15) is 26.7 Å². The Balaban J connectivity index is 1.78. The fourth-order valence-electron chi connectivity index (χ4n) is 3.60. The van der Waals surface area contributed by atoms with Crippen molar-refractivity contribution in [2.24, 2.45) is 15.9 Å². The molecule has 0 saturated carbocycles. The van der Waals surface area contributed by atoms with Crippen molar-refractivity contribution in [2.75, 3.05) is 25.1 Å². The van der Waals surface area contributed by atoms with E-state index < -0.39 is 24.0 Å². The van der Waals surface area contributed by atoms with E-state index in [0.29, 0.717) is 16.8 Å². The Morgan fingerprint density at radius 2 is 1.86 bits per heavy atom. The molecule has 186 valence electrons. The van der Waals surface area contributed by atoms with E-state index in [1.165, 1.54) is 12.1 Å². The summed E-state index contributed by atoms with van der Waals surface area (Å²) in [6.07, 6.45) is -3.48. The first-order valence-corrected chi connectivity index (χ1v) is 10.7. The Kier molecular flexibility index (Phi) is 8.39. The Labute approximate surface area is 198 Å². The number of benzene rings is 1. The Morgan fingerprint density at radius 1 is 1.20 bits per heavy atom. The van der Waals surface area contributed by atoms with Gasteiger partial charge in [-0.2, -0.15) is 22.7 Å². The van der Waals surface area contributed by atoms with Gasteiger partial charge in [-0.05, 0) is 50.2 Å². The summed E-state index contributed by atoms with van der Waals surface area (Å²) in [5.41, 5.74) is 1.66. The first-order chi connectivity index (χ1) is 16.6. The molecule has 0 bridgehead atoms. The van der Waals surface area contributed by atoms with Gasteiger partial charge < -0.3 is 5.32 Å². The molecule has 0 atom stereocenters. The zero-order chi connectivity index (χ0) is 25.6. The minimum atomic E-state index is -4.23. The average Bonchev–Trinajstić information content (AvgIpc) is 2.82. The molecule has 1 saturated heterocycles. The van der Waals surface area contributed by atoms with Crippen LogP contribution >= 0.6 is 0 Å². The van der Waals surface area contributed by atoms with E-state index >= 15 is 0 Å². The van der Waals surface area contributed by atoms with Crippen molar-refractivity contribution in [1.29, 1.82) is 0 Å². The van der Waals surface area contributed by atoms with E-state index in [0.717, 1.165) is 6.20 Å². The molecular formula is C23H23F5N6O. The number of alkyl halides is 3. The van der Waals surface area contributed by atoms with Crippen LogP contribution in [0.25, 0.3) is 11.1 Å². The second-order valence-electron chi connectivity index (χ2n) is 7.95. The van der Waals surface area contributed by atoms with Crippen LogP contribution in [0, 0.1) is 12.8 Å². The van der Waals surface area contributed by atoms with E-state index in [1.54, 1.807) is 30.0 Å². The molecule has 2 heterocycles. The van der Waals surface area contributed by atoms with Crippen LogP contribution in [0.15, 0.2) is 52.3 Å². The molecule has 7 nitrogen and oxygen atoms in total. The van der Waals surface area contributed by atoms with Crippen molar-refractivity contribution < 1.29 is 26.7 Å². The number of aryl methyl sites for hydroxylation is 1. The molecule has 1 fully saturated rings. The molecule has 2 aromatic rings. The van der Waals surface area contributed by atoms with Crippen LogP contribution < -0.4 is 5.32 Å². The molecule has 1 aliphatic rings. The van der Waals surface area contributed by atoms with Crippen LogP contribution in [0.1, 0.15) is 28.9 Å². The van der Waals surface area contributed by atoms with E-state index in [2.05, 4.69) is 32.2 Å². The summed E-state index contributed by atoms with van der Waals surface area (Å²) in [7, 11) is 0. The first kappa shape index (κ1) is 26.1. The molecule has 35 heavy (non-hydrogen) atoms. The number of carbonyl (C=O) groups excluding carboxylic acids is 1. The quantitative estimate of drug-likeness (QED) is 0.250. The van der Waals surface area contributed by atoms with Gasteiger partial charge in [0.25, 0.3) is 0 Å². The number of nitrogens with zero attached hydrogens (tertiary/aromatic N) is 5. The monoisotopic (exact) mass is 494 g/mol. The zero-order valence-corrected chi connectivity index (χ0v) is 18.8. The van der Waals surface area contributed by atoms with E-state index in [1.807, 2.05) is 0 Å². The summed E-state index contributed by atoms with van der Waals surface area (Å²) < 4.78 is 66.1. The fraction of sp³-hybridized carbons (Fsp3) is 0.348. The number of likely N-dealkylation sites (tertiary alicyclic amines) is 1. The number of rotatable bonds is 7. The maximum Gasteiger partial charge on any atom is 0.391 e. The highest BCUT2D eigenvalue weighted by molar-refractivity contribution is 6.06. The fourth-order valence-corrected chi connectivity index (χ4v) is 3.60. The van der Waals surface area contributed by atoms with Crippen LogP contribution in [0.3, 0.4) is 0 Å². The van der Waals surface area contributed by atoms with Crippen molar-refractivity contribution in [2.45, 2.75) is 25.9 Å². The second kappa shape index (κ2) is 11.3. The van der Waals surface area contributed by atoms with Crippen molar-refractivity contribution in [3.05, 3.63) is 53.6 Å². The van der Waals surface area contributed by atoms with Gasteiger partial charge in [-0.3, -0.25) is 14.7 Å². The number of anilines is 1. The molecule has 3 rings (SSSR count). The lowest BCUT2D eigenvalue weighted by atomic mass is 9.97. The molecule has 0 radical (unpaired) electrons. The molecule has 1 aromatic heterocycles. The number of carbonyl (C=O) groups is 1. The van der Waals surface area contributed by atoms with Gasteiger partial charge in [0.05, 0.1) is 30.0 Å². The van der Waals surface area contributed by atoms with E-state index in [4.69, 9.17) is 0 Å². The summed E-state index contributed by atoms with van der Waals surface area (Å²) in [6, 6.07) is 5.78. The number of piperidine rings is 1. The number of hydrogen-bond acceptors (Lipinski definition) is 6. The van der Waals surface area contributed by atoms with E-state index in [-0.39, 0.29) is 49.8 Å². The minimum absolute atomic E-state index is 0.0316. The molecular weight excluding hydrogens is 471 g/mol. The summed E-state index contributed by atoms with van der Waals surface area (Å²) in [5.74, 6) is -2.30. The minimum Gasteiger partial charge on any atom is -0.321 e. The third kappa shape index (κ3) is 6.98. The van der Waals surface area contributed by atoms with Gasteiger partial charge >= 0.3 is 12.2 Å². The molecule has 1 aromatic carbocycles. The highest BCUT2D eigenvalue weighted by Crippen LogP contribution is 2.34. The van der Waals surface area contributed by atoms with Crippen molar-refractivity contribution >= 4 is 24.4 Å². The van der Waals surface area contributed by atoms with Gasteiger partial charge in [0, 0.05) is 18.7 Å². The molecule has 1 N–H and O–H groups in total. The predicted molar refractivity (Wildman–Crippen MR) is 123 cm³/mol. The lowest BCUT2D eigenvalue weighted by Crippen LogP contribution is -2.39. The third-order valence-electron chi connectivity index (χ3n) is 5.56. The highest BCUT2D eigenvalue weighted by Gasteiger charge is 2.40. The lowest BCUT2D eigenvalue weighted by molar-refractivity contribution is -0.184. The van der Waals surface area contributed by atoms with Crippen LogP contribution in [0.4, 0.5) is 27.8 Å². The summed E-state index contributed by atoms with van der Waals surface area (Å²) >= 11 is 0. The number of amidine groups is 1. The van der Waals surface area contributed by atoms with Gasteiger partial charge in [0.1, 0.15) is 0 Å². The van der Waals surface area contributed by atoms with Gasteiger partial charge in [-0.25, -0.2) is 9.38 Å². The molecule has 0 aliphatic carbocycles. The predicted octanol–water partition coefficient (Wildman–Crippen LogP) is 5.12. The standard InChI is InChI=1S/C23H23F5N6O/c1-14-18(15-3-5-16(6-4-15)21(25)35)11-20(33-32-14)31-22(19(24)12-29-2)30-13-34-9-7-17(8-10-34)23(26,27)28/h3-6,11-12,17H,2,7-10,13H2,1H3,(H,30,31,33)/b19-12+. The van der Waals surface area contributed by atoms with Crippen molar-refractivity contribution in [3.8, 4) is 11.1 Å². The second-order valence-corrected chi connectivity index (χ2v) is 7.95. The van der Waals surface area contributed by atoms with Crippen molar-refractivity contribution in [1.82, 2.24) is 15.1 Å². The highest BCUT2D eigenvalue weighted by atomic mass is 19.4. The Bertz CT molecular complexity index is 1120. The number of hydrogen-bond donors (Lipinski definition) is 1.